The van der Waals surface area contributed by atoms with E-state index in [2.05, 4.69) is 5.32 Å². The number of carbonyl (C=O) groups is 2. The fraction of sp³-hybridized carbons (Fsp3) is 0.136. The van der Waals surface area contributed by atoms with Crippen molar-refractivity contribution in [3.05, 3.63) is 94.4 Å². The fourth-order valence-electron chi connectivity index (χ4n) is 2.61. The topological polar surface area (TPSA) is 71.4 Å². The first-order chi connectivity index (χ1) is 13.9. The van der Waals surface area contributed by atoms with Gasteiger partial charge in [-0.05, 0) is 53.7 Å². The Kier molecular flexibility index (Phi) is 6.51. The molecule has 2 amide bonds. The number of benzene rings is 2. The van der Waals surface area contributed by atoms with Gasteiger partial charge in [0.2, 0.25) is 0 Å². The van der Waals surface area contributed by atoms with E-state index in [0.717, 1.165) is 22.2 Å². The Balaban J connectivity index is 1.72. The monoisotopic (exact) mass is 407 g/mol. The van der Waals surface area contributed by atoms with Crippen molar-refractivity contribution in [2.45, 2.75) is 11.4 Å². The van der Waals surface area contributed by atoms with Crippen LogP contribution in [-0.4, -0.2) is 34.7 Å². The zero-order valence-electron chi connectivity index (χ0n) is 16.2. The summed E-state index contributed by atoms with van der Waals surface area (Å²) in [6.45, 7) is 0.395. The second-order valence-electron chi connectivity index (χ2n) is 6.58. The first kappa shape index (κ1) is 20.4. The maximum absolute atomic E-state index is 12.7. The van der Waals surface area contributed by atoms with Gasteiger partial charge in [-0.3, -0.25) is 14.4 Å². The molecule has 0 bridgehead atoms. The van der Waals surface area contributed by atoms with Gasteiger partial charge < -0.3 is 14.8 Å². The summed E-state index contributed by atoms with van der Waals surface area (Å²) in [5.41, 5.74) is 1.25. The molecule has 2 aromatic carbocycles. The number of hydrogen-bond acceptors (Lipinski definition) is 4. The van der Waals surface area contributed by atoms with Crippen LogP contribution in [0.2, 0.25) is 0 Å². The molecule has 0 fully saturated rings. The van der Waals surface area contributed by atoms with Gasteiger partial charge in [-0.15, -0.1) is 0 Å². The lowest BCUT2D eigenvalue weighted by Gasteiger charge is -2.10. The highest BCUT2D eigenvalue weighted by Crippen LogP contribution is 2.22. The SMILES string of the molecule is CN(C)C(=O)Sc1ccc(NC(=O)c2cccn(Cc3ccccc3)c2=O)cc1. The van der Waals surface area contributed by atoms with Gasteiger partial charge in [0, 0.05) is 30.9 Å². The average molecular weight is 407 g/mol. The van der Waals surface area contributed by atoms with Gasteiger partial charge in [0.25, 0.3) is 16.7 Å². The lowest BCUT2D eigenvalue weighted by atomic mass is 10.2. The standard InChI is InChI=1S/C22H21N3O3S/c1-24(2)22(28)29-18-12-10-17(11-13-18)23-20(26)19-9-6-14-25(21(19)27)15-16-7-4-3-5-8-16/h3-14H,15H2,1-2H3,(H,23,26). The molecule has 0 unspecified atom stereocenters. The molecular weight excluding hydrogens is 386 g/mol. The number of thioether (sulfide) groups is 1. The van der Waals surface area contributed by atoms with Crippen molar-refractivity contribution in [2.24, 2.45) is 0 Å². The van der Waals surface area contributed by atoms with E-state index in [4.69, 9.17) is 0 Å². The first-order valence-electron chi connectivity index (χ1n) is 8.98. The summed E-state index contributed by atoms with van der Waals surface area (Å²) >= 11 is 1.10. The molecule has 0 saturated heterocycles. The molecule has 0 aliphatic heterocycles. The molecule has 0 saturated carbocycles. The largest absolute Gasteiger partial charge is 0.339 e. The molecule has 148 valence electrons. The van der Waals surface area contributed by atoms with Crippen LogP contribution in [-0.2, 0) is 6.54 Å². The van der Waals surface area contributed by atoms with Gasteiger partial charge in [0.15, 0.2) is 0 Å². The highest BCUT2D eigenvalue weighted by atomic mass is 32.2. The molecule has 7 heteroatoms. The third-order valence-electron chi connectivity index (χ3n) is 4.14. The number of anilines is 1. The predicted octanol–water partition coefficient (Wildman–Crippen LogP) is 3.92. The van der Waals surface area contributed by atoms with E-state index in [0.29, 0.717) is 12.2 Å². The Morgan fingerprint density at radius 3 is 2.31 bits per heavy atom. The number of nitrogens with zero attached hydrogens (tertiary/aromatic N) is 2. The summed E-state index contributed by atoms with van der Waals surface area (Å²) in [5.74, 6) is -0.470. The number of carbonyl (C=O) groups excluding carboxylic acids is 2. The maximum atomic E-state index is 12.7. The number of amides is 2. The summed E-state index contributed by atoms with van der Waals surface area (Å²) in [6, 6.07) is 19.7. The predicted molar refractivity (Wildman–Crippen MR) is 116 cm³/mol. The minimum atomic E-state index is -0.470. The number of rotatable bonds is 5. The summed E-state index contributed by atoms with van der Waals surface area (Å²) < 4.78 is 1.51. The van der Waals surface area contributed by atoms with E-state index in [-0.39, 0.29) is 16.4 Å². The molecular formula is C22H21N3O3S. The van der Waals surface area contributed by atoms with Crippen LogP contribution in [0.5, 0.6) is 0 Å². The van der Waals surface area contributed by atoms with E-state index in [1.165, 1.54) is 15.5 Å². The summed E-state index contributed by atoms with van der Waals surface area (Å²) in [4.78, 5) is 39.3. The van der Waals surface area contributed by atoms with Crippen LogP contribution in [0.15, 0.2) is 82.6 Å². The third-order valence-corrected chi connectivity index (χ3v) is 5.19. The van der Waals surface area contributed by atoms with Gasteiger partial charge in [-0.25, -0.2) is 0 Å². The number of hydrogen-bond donors (Lipinski definition) is 1. The van der Waals surface area contributed by atoms with Crippen LogP contribution in [0.1, 0.15) is 15.9 Å². The minimum Gasteiger partial charge on any atom is -0.339 e. The Hall–Kier alpha value is -3.32. The van der Waals surface area contributed by atoms with Crippen LogP contribution in [0.4, 0.5) is 10.5 Å². The van der Waals surface area contributed by atoms with Crippen molar-refractivity contribution in [1.29, 1.82) is 0 Å². The van der Waals surface area contributed by atoms with Gasteiger partial charge in [-0.2, -0.15) is 0 Å². The molecule has 3 aromatic rings. The lowest BCUT2D eigenvalue weighted by molar-refractivity contribution is 0.102. The molecule has 1 aromatic heterocycles. The van der Waals surface area contributed by atoms with Crippen molar-refractivity contribution in [3.63, 3.8) is 0 Å². The highest BCUT2D eigenvalue weighted by Gasteiger charge is 2.13. The van der Waals surface area contributed by atoms with Crippen LogP contribution in [0.25, 0.3) is 0 Å². The van der Waals surface area contributed by atoms with E-state index >= 15 is 0 Å². The van der Waals surface area contributed by atoms with E-state index < -0.39 is 5.91 Å². The summed E-state index contributed by atoms with van der Waals surface area (Å²) in [5, 5.41) is 2.66. The molecule has 0 radical (unpaired) electrons. The Morgan fingerprint density at radius 2 is 1.66 bits per heavy atom. The molecule has 1 heterocycles. The van der Waals surface area contributed by atoms with Gasteiger partial charge in [-0.1, -0.05) is 30.3 Å². The molecule has 0 spiro atoms. The maximum Gasteiger partial charge on any atom is 0.285 e. The van der Waals surface area contributed by atoms with Crippen LogP contribution >= 0.6 is 11.8 Å². The first-order valence-corrected chi connectivity index (χ1v) is 9.79. The molecule has 29 heavy (non-hydrogen) atoms. The summed E-state index contributed by atoms with van der Waals surface area (Å²) in [7, 11) is 3.38. The molecule has 3 rings (SSSR count). The smallest absolute Gasteiger partial charge is 0.285 e. The molecule has 0 aliphatic rings. The summed E-state index contributed by atoms with van der Waals surface area (Å²) in [6.07, 6.45) is 1.67. The molecule has 0 atom stereocenters. The average Bonchev–Trinajstić information content (AvgIpc) is 2.71. The van der Waals surface area contributed by atoms with Crippen molar-refractivity contribution in [1.82, 2.24) is 9.47 Å². The number of nitrogens with one attached hydrogen (secondary N) is 1. The Morgan fingerprint density at radius 1 is 0.966 bits per heavy atom. The van der Waals surface area contributed by atoms with E-state index in [1.807, 2.05) is 30.3 Å². The number of pyridine rings is 1. The highest BCUT2D eigenvalue weighted by molar-refractivity contribution is 8.13. The van der Waals surface area contributed by atoms with Gasteiger partial charge in [0.05, 0.1) is 6.54 Å². The third kappa shape index (κ3) is 5.36. The van der Waals surface area contributed by atoms with E-state index in [9.17, 15) is 14.4 Å². The molecule has 0 aliphatic carbocycles. The van der Waals surface area contributed by atoms with E-state index in [1.54, 1.807) is 50.6 Å². The van der Waals surface area contributed by atoms with Gasteiger partial charge in [0.1, 0.15) is 5.56 Å². The van der Waals surface area contributed by atoms with Crippen molar-refractivity contribution >= 4 is 28.6 Å². The van der Waals surface area contributed by atoms with Gasteiger partial charge >= 0.3 is 0 Å². The van der Waals surface area contributed by atoms with Crippen molar-refractivity contribution < 1.29 is 9.59 Å². The lowest BCUT2D eigenvalue weighted by Crippen LogP contribution is -2.29. The quantitative estimate of drug-likeness (QED) is 0.651. The minimum absolute atomic E-state index is 0.0738. The van der Waals surface area contributed by atoms with Crippen LogP contribution < -0.4 is 10.9 Å². The molecule has 6 nitrogen and oxygen atoms in total. The zero-order chi connectivity index (χ0) is 20.8. The van der Waals surface area contributed by atoms with Crippen LogP contribution in [0, 0.1) is 0 Å². The van der Waals surface area contributed by atoms with Crippen molar-refractivity contribution in [2.75, 3.05) is 19.4 Å². The van der Waals surface area contributed by atoms with Crippen LogP contribution in [0.3, 0.4) is 0 Å². The number of aromatic nitrogens is 1. The van der Waals surface area contributed by atoms with Crippen molar-refractivity contribution in [3.8, 4) is 0 Å². The fourth-order valence-corrected chi connectivity index (χ4v) is 3.27. The second kappa shape index (κ2) is 9.25. The Bertz CT molecular complexity index is 1060. The normalized spacial score (nSPS) is 10.4. The zero-order valence-corrected chi connectivity index (χ0v) is 17.0. The second-order valence-corrected chi connectivity index (χ2v) is 7.61. The Labute approximate surface area is 173 Å². The molecule has 1 N–H and O–H groups in total.